The Kier molecular flexibility index (Phi) is 6.63. The van der Waals surface area contributed by atoms with Gasteiger partial charge >= 0.3 is 0 Å². The topological polar surface area (TPSA) is 61.9 Å². The summed E-state index contributed by atoms with van der Waals surface area (Å²) in [5, 5.41) is 5.21. The number of benzene rings is 1. The fourth-order valence-corrected chi connectivity index (χ4v) is 4.52. The summed E-state index contributed by atoms with van der Waals surface area (Å²) in [4.78, 5) is 2.03. The summed E-state index contributed by atoms with van der Waals surface area (Å²) < 4.78 is 32.1. The van der Waals surface area contributed by atoms with Crippen LogP contribution in [0.15, 0.2) is 35.7 Å². The van der Waals surface area contributed by atoms with Gasteiger partial charge in [0.2, 0.25) is 10.0 Å². The molecule has 2 aliphatic heterocycles. The van der Waals surface area contributed by atoms with Crippen LogP contribution in [-0.2, 0) is 14.8 Å². The highest BCUT2D eigenvalue weighted by molar-refractivity contribution is 7.92. The van der Waals surface area contributed by atoms with Gasteiger partial charge in [0.15, 0.2) is 5.11 Å². The Morgan fingerprint density at radius 2 is 1.96 bits per heavy atom. The summed E-state index contributed by atoms with van der Waals surface area (Å²) in [6, 6.07) is 9.43. The first-order chi connectivity index (χ1) is 12.5. The van der Waals surface area contributed by atoms with Crippen LogP contribution >= 0.6 is 12.2 Å². The summed E-state index contributed by atoms with van der Waals surface area (Å²) in [5.41, 5.74) is 0.870. The minimum Gasteiger partial charge on any atom is -0.376 e. The van der Waals surface area contributed by atoms with Crippen LogP contribution in [0.3, 0.4) is 0 Å². The van der Waals surface area contributed by atoms with Crippen molar-refractivity contribution in [2.75, 3.05) is 39.3 Å². The summed E-state index contributed by atoms with van der Waals surface area (Å²) in [7, 11) is -3.41. The van der Waals surface area contributed by atoms with Crippen LogP contribution in [0.2, 0.25) is 0 Å². The second-order valence-electron chi connectivity index (χ2n) is 6.47. The largest absolute Gasteiger partial charge is 0.376 e. The third-order valence-corrected chi connectivity index (χ3v) is 6.59. The molecule has 2 aliphatic rings. The van der Waals surface area contributed by atoms with Gasteiger partial charge in [-0.2, -0.15) is 4.31 Å². The monoisotopic (exact) mass is 395 g/mol. The van der Waals surface area contributed by atoms with Gasteiger partial charge in [-0.25, -0.2) is 8.42 Å². The van der Waals surface area contributed by atoms with Crippen molar-refractivity contribution in [3.05, 3.63) is 41.3 Å². The fourth-order valence-electron chi connectivity index (χ4n) is 3.08. The van der Waals surface area contributed by atoms with E-state index in [0.29, 0.717) is 31.3 Å². The van der Waals surface area contributed by atoms with Crippen molar-refractivity contribution in [2.24, 2.45) is 0 Å². The van der Waals surface area contributed by atoms with E-state index in [9.17, 15) is 8.42 Å². The number of sulfonamides is 1. The van der Waals surface area contributed by atoms with Crippen LogP contribution in [0.25, 0.3) is 6.08 Å². The molecule has 2 saturated heterocycles. The van der Waals surface area contributed by atoms with E-state index in [1.54, 1.807) is 6.08 Å². The Morgan fingerprint density at radius 1 is 1.23 bits per heavy atom. The molecule has 0 saturated carbocycles. The van der Waals surface area contributed by atoms with E-state index in [0.717, 1.165) is 31.6 Å². The minimum absolute atomic E-state index is 0.234. The molecule has 3 rings (SSSR count). The zero-order valence-electron chi connectivity index (χ0n) is 14.7. The number of nitrogens with zero attached hydrogens (tertiary/aromatic N) is 2. The fraction of sp³-hybridized carbons (Fsp3) is 0.500. The molecule has 1 atom stereocenters. The standard InChI is InChI=1S/C18H25N3O3S2/c22-26(23,14-8-16-5-2-1-3-6-16)21-11-9-20(10-12-21)18(25)19-15-17-7-4-13-24-17/h1-3,5-6,8,14,17H,4,7,9-13,15H2,(H,19,25). The van der Waals surface area contributed by atoms with Gasteiger partial charge in [-0.3, -0.25) is 0 Å². The first kappa shape index (κ1) is 19.3. The predicted octanol–water partition coefficient (Wildman–Crippen LogP) is 1.66. The molecule has 1 N–H and O–H groups in total. The van der Waals surface area contributed by atoms with Crippen molar-refractivity contribution in [2.45, 2.75) is 18.9 Å². The molecule has 0 radical (unpaired) electrons. The van der Waals surface area contributed by atoms with E-state index < -0.39 is 10.0 Å². The second kappa shape index (κ2) is 8.94. The van der Waals surface area contributed by atoms with Crippen LogP contribution in [0, 0.1) is 0 Å². The molecule has 142 valence electrons. The van der Waals surface area contributed by atoms with Crippen LogP contribution < -0.4 is 5.32 Å². The van der Waals surface area contributed by atoms with Crippen molar-refractivity contribution in [3.8, 4) is 0 Å². The lowest BCUT2D eigenvalue weighted by Crippen LogP contribution is -2.53. The summed E-state index contributed by atoms with van der Waals surface area (Å²) in [6.45, 7) is 3.60. The summed E-state index contributed by atoms with van der Waals surface area (Å²) in [5.74, 6) is 0. The first-order valence-electron chi connectivity index (χ1n) is 8.92. The van der Waals surface area contributed by atoms with E-state index in [4.69, 9.17) is 17.0 Å². The highest BCUT2D eigenvalue weighted by Gasteiger charge is 2.26. The molecule has 2 fully saturated rings. The number of ether oxygens (including phenoxy) is 1. The van der Waals surface area contributed by atoms with Crippen molar-refractivity contribution in [1.29, 1.82) is 0 Å². The maximum absolute atomic E-state index is 12.5. The van der Waals surface area contributed by atoms with Gasteiger partial charge in [0, 0.05) is 44.7 Å². The highest BCUT2D eigenvalue weighted by Crippen LogP contribution is 2.13. The average Bonchev–Trinajstić information content (AvgIpc) is 3.19. The Morgan fingerprint density at radius 3 is 2.62 bits per heavy atom. The SMILES string of the molecule is O=S(=O)(C=Cc1ccccc1)N1CCN(C(=S)NCC2CCCO2)CC1. The molecule has 1 aromatic carbocycles. The first-order valence-corrected chi connectivity index (χ1v) is 10.8. The maximum atomic E-state index is 12.5. The van der Waals surface area contributed by atoms with Gasteiger partial charge in [-0.05, 0) is 36.7 Å². The van der Waals surface area contributed by atoms with Crippen molar-refractivity contribution >= 4 is 33.4 Å². The Hall–Kier alpha value is -1.48. The van der Waals surface area contributed by atoms with Crippen LogP contribution in [0.5, 0.6) is 0 Å². The molecule has 1 unspecified atom stereocenters. The van der Waals surface area contributed by atoms with Gasteiger partial charge in [-0.1, -0.05) is 30.3 Å². The lowest BCUT2D eigenvalue weighted by atomic mass is 10.2. The predicted molar refractivity (Wildman–Crippen MR) is 107 cm³/mol. The highest BCUT2D eigenvalue weighted by atomic mass is 32.2. The van der Waals surface area contributed by atoms with Gasteiger partial charge in [-0.15, -0.1) is 0 Å². The molecule has 1 aromatic rings. The number of hydrogen-bond acceptors (Lipinski definition) is 4. The molecule has 6 nitrogen and oxygen atoms in total. The maximum Gasteiger partial charge on any atom is 0.236 e. The molecule has 0 aromatic heterocycles. The molecule has 0 amide bonds. The zero-order valence-corrected chi connectivity index (χ0v) is 16.3. The average molecular weight is 396 g/mol. The molecule has 0 spiro atoms. The molecule has 0 bridgehead atoms. The van der Waals surface area contributed by atoms with E-state index in [-0.39, 0.29) is 6.10 Å². The molecule has 26 heavy (non-hydrogen) atoms. The van der Waals surface area contributed by atoms with Gasteiger partial charge in [0.25, 0.3) is 0 Å². The molecule has 2 heterocycles. The lowest BCUT2D eigenvalue weighted by molar-refractivity contribution is 0.113. The van der Waals surface area contributed by atoms with Crippen molar-refractivity contribution in [1.82, 2.24) is 14.5 Å². The van der Waals surface area contributed by atoms with E-state index in [2.05, 4.69) is 5.32 Å². The third-order valence-electron chi connectivity index (χ3n) is 4.62. The molecule has 8 heteroatoms. The molecular formula is C18H25N3O3S2. The Labute approximate surface area is 160 Å². The van der Waals surface area contributed by atoms with Gasteiger partial charge in [0.05, 0.1) is 6.10 Å². The van der Waals surface area contributed by atoms with E-state index in [1.807, 2.05) is 35.2 Å². The molecular weight excluding hydrogens is 370 g/mol. The lowest BCUT2D eigenvalue weighted by Gasteiger charge is -2.35. The third kappa shape index (κ3) is 5.26. The summed E-state index contributed by atoms with van der Waals surface area (Å²) in [6.07, 6.45) is 4.04. The summed E-state index contributed by atoms with van der Waals surface area (Å²) >= 11 is 5.43. The van der Waals surface area contributed by atoms with Crippen molar-refractivity contribution in [3.63, 3.8) is 0 Å². The normalized spacial score (nSPS) is 22.0. The van der Waals surface area contributed by atoms with E-state index >= 15 is 0 Å². The van der Waals surface area contributed by atoms with Crippen LogP contribution in [-0.4, -0.2) is 68.2 Å². The quantitative estimate of drug-likeness (QED) is 0.765. The van der Waals surface area contributed by atoms with E-state index in [1.165, 1.54) is 9.71 Å². The van der Waals surface area contributed by atoms with Crippen LogP contribution in [0.4, 0.5) is 0 Å². The number of hydrogen-bond donors (Lipinski definition) is 1. The van der Waals surface area contributed by atoms with Crippen LogP contribution in [0.1, 0.15) is 18.4 Å². The number of thiocarbonyl (C=S) groups is 1. The van der Waals surface area contributed by atoms with Gasteiger partial charge < -0.3 is 15.0 Å². The number of piperazine rings is 1. The zero-order chi connectivity index (χ0) is 18.4. The molecule has 0 aliphatic carbocycles. The van der Waals surface area contributed by atoms with Gasteiger partial charge in [0.1, 0.15) is 0 Å². The number of rotatable bonds is 5. The Bertz CT molecular complexity index is 723. The smallest absolute Gasteiger partial charge is 0.236 e. The number of nitrogens with one attached hydrogen (secondary N) is 1. The second-order valence-corrected chi connectivity index (χ2v) is 8.67. The minimum atomic E-state index is -3.41. The Balaban J connectivity index is 1.47. The van der Waals surface area contributed by atoms with Crippen molar-refractivity contribution < 1.29 is 13.2 Å².